The van der Waals surface area contributed by atoms with E-state index in [0.717, 1.165) is 107 Å². The maximum atomic E-state index is 6.67. The van der Waals surface area contributed by atoms with Crippen molar-refractivity contribution in [3.8, 4) is 62.8 Å². The van der Waals surface area contributed by atoms with Crippen LogP contribution < -0.4 is 19.1 Å². The standard InChI is InChI=1S/C50H26N4O3S/c1-2-10-27(11-3-1)46-31-13-4-6-14-35(31)51-50(52-46)53-36-21-20-28(22-32(36)33-25-34-30-12-5-7-19-44(30)58-45(34)26-37(33)53)29-23-42-49-43(24-29)57-41-18-9-16-39-48(41)54(49)47-38(55-39)15-8-17-40(47)56-42/h1-26H. The summed E-state index contributed by atoms with van der Waals surface area (Å²) in [5, 5.41) is 5.75. The van der Waals surface area contributed by atoms with Crippen molar-refractivity contribution in [2.45, 2.75) is 0 Å². The Labute approximate surface area is 334 Å². The zero-order valence-corrected chi connectivity index (χ0v) is 31.2. The number of fused-ring (bicyclic) bond motifs is 7. The van der Waals surface area contributed by atoms with Gasteiger partial charge in [0.25, 0.3) is 0 Å². The highest BCUT2D eigenvalue weighted by atomic mass is 32.1. The van der Waals surface area contributed by atoms with E-state index in [0.29, 0.717) is 5.95 Å². The molecule has 14 rings (SSSR count). The number of nitrogens with zero attached hydrogens (tertiary/aromatic N) is 4. The number of para-hydroxylation sites is 3. The van der Waals surface area contributed by atoms with Gasteiger partial charge in [-0.25, -0.2) is 9.97 Å². The SMILES string of the molecule is c1ccc(-c2nc(-n3c4ccc(-c5cc6c7c(c5)Oc5cccc8c5N7c5c(cccc5O6)O8)cc4c4cc5c(cc43)sc3ccccc35)nc3ccccc23)cc1. The van der Waals surface area contributed by atoms with Crippen molar-refractivity contribution in [1.82, 2.24) is 14.5 Å². The number of anilines is 3. The van der Waals surface area contributed by atoms with E-state index in [9.17, 15) is 0 Å². The van der Waals surface area contributed by atoms with E-state index >= 15 is 0 Å². The first kappa shape index (κ1) is 30.5. The van der Waals surface area contributed by atoms with E-state index in [1.807, 2.05) is 59.9 Å². The minimum Gasteiger partial charge on any atom is -0.453 e. The molecule has 0 amide bonds. The van der Waals surface area contributed by atoms with Gasteiger partial charge in [0.15, 0.2) is 34.5 Å². The van der Waals surface area contributed by atoms with Crippen LogP contribution in [-0.4, -0.2) is 14.5 Å². The summed E-state index contributed by atoms with van der Waals surface area (Å²) in [6.45, 7) is 0. The van der Waals surface area contributed by atoms with Gasteiger partial charge >= 0.3 is 0 Å². The van der Waals surface area contributed by atoms with Crippen molar-refractivity contribution in [2.24, 2.45) is 0 Å². The normalized spacial score (nSPS) is 13.2. The van der Waals surface area contributed by atoms with Crippen LogP contribution in [0.2, 0.25) is 0 Å². The zero-order valence-electron chi connectivity index (χ0n) is 30.4. The summed E-state index contributed by atoms with van der Waals surface area (Å²) in [5.74, 6) is 5.08. The molecule has 0 bridgehead atoms. The predicted molar refractivity (Wildman–Crippen MR) is 233 cm³/mol. The average Bonchev–Trinajstić information content (AvgIpc) is 3.79. The molecule has 270 valence electrons. The van der Waals surface area contributed by atoms with Crippen LogP contribution in [0.4, 0.5) is 17.1 Å². The van der Waals surface area contributed by atoms with E-state index < -0.39 is 0 Å². The molecule has 0 aliphatic carbocycles. The first-order valence-corrected chi connectivity index (χ1v) is 20.0. The van der Waals surface area contributed by atoms with E-state index in [1.165, 1.54) is 20.2 Å². The second kappa shape index (κ2) is 11.0. The van der Waals surface area contributed by atoms with E-state index in [2.05, 4.69) is 119 Å². The lowest BCUT2D eigenvalue weighted by atomic mass is 9.98. The number of benzene rings is 8. The van der Waals surface area contributed by atoms with Crippen molar-refractivity contribution in [1.29, 1.82) is 0 Å². The summed E-state index contributed by atoms with van der Waals surface area (Å²) in [6.07, 6.45) is 0. The molecule has 11 aromatic rings. The van der Waals surface area contributed by atoms with E-state index in [1.54, 1.807) is 0 Å². The second-order valence-electron chi connectivity index (χ2n) is 15.0. The van der Waals surface area contributed by atoms with Crippen LogP contribution in [0.5, 0.6) is 34.5 Å². The smallest absolute Gasteiger partial charge is 0.235 e. The van der Waals surface area contributed by atoms with Crippen LogP contribution in [0.25, 0.3) is 81.2 Å². The van der Waals surface area contributed by atoms with Gasteiger partial charge in [0.1, 0.15) is 17.1 Å². The molecule has 58 heavy (non-hydrogen) atoms. The number of ether oxygens (including phenoxy) is 3. The molecule has 0 radical (unpaired) electrons. The maximum Gasteiger partial charge on any atom is 0.235 e. The van der Waals surface area contributed by atoms with Crippen molar-refractivity contribution in [3.05, 3.63) is 158 Å². The highest BCUT2D eigenvalue weighted by molar-refractivity contribution is 7.25. The lowest BCUT2D eigenvalue weighted by Gasteiger charge is -2.41. The Kier molecular flexibility index (Phi) is 5.79. The third-order valence-electron chi connectivity index (χ3n) is 11.7. The fourth-order valence-corrected chi connectivity index (χ4v) is 10.3. The van der Waals surface area contributed by atoms with Gasteiger partial charge in [-0.2, -0.15) is 0 Å². The van der Waals surface area contributed by atoms with Gasteiger partial charge in [-0.15, -0.1) is 11.3 Å². The summed E-state index contributed by atoms with van der Waals surface area (Å²) in [6, 6.07) is 54.8. The molecule has 0 spiro atoms. The van der Waals surface area contributed by atoms with Crippen LogP contribution in [-0.2, 0) is 0 Å². The monoisotopic (exact) mass is 762 g/mol. The quantitative estimate of drug-likeness (QED) is 0.179. The van der Waals surface area contributed by atoms with E-state index in [-0.39, 0.29) is 0 Å². The molecule has 0 unspecified atom stereocenters. The number of thiophene rings is 1. The highest BCUT2D eigenvalue weighted by Gasteiger charge is 2.41. The molecule has 8 heteroatoms. The number of hydrogen-bond donors (Lipinski definition) is 0. The van der Waals surface area contributed by atoms with Crippen molar-refractivity contribution in [2.75, 3.05) is 4.90 Å². The molecular weight excluding hydrogens is 737 g/mol. The Morgan fingerprint density at radius 2 is 1.03 bits per heavy atom. The first-order valence-electron chi connectivity index (χ1n) is 19.2. The highest BCUT2D eigenvalue weighted by Crippen LogP contribution is 2.67. The Hall–Kier alpha value is -7.68. The zero-order chi connectivity index (χ0) is 37.6. The number of rotatable bonds is 3. The molecule has 0 N–H and O–H groups in total. The van der Waals surface area contributed by atoms with Crippen LogP contribution in [0, 0.1) is 0 Å². The van der Waals surface area contributed by atoms with Crippen LogP contribution in [0.15, 0.2) is 158 Å². The van der Waals surface area contributed by atoms with Gasteiger partial charge in [-0.05, 0) is 83.9 Å². The first-order chi connectivity index (χ1) is 28.7. The van der Waals surface area contributed by atoms with Crippen molar-refractivity contribution >= 4 is 81.3 Å². The van der Waals surface area contributed by atoms with Gasteiger partial charge in [-0.1, -0.05) is 84.9 Å². The van der Waals surface area contributed by atoms with Gasteiger partial charge in [0.05, 0.1) is 22.2 Å². The van der Waals surface area contributed by atoms with Crippen molar-refractivity contribution in [3.63, 3.8) is 0 Å². The molecule has 3 aliphatic heterocycles. The topological polar surface area (TPSA) is 61.6 Å². The second-order valence-corrected chi connectivity index (χ2v) is 16.0. The summed E-state index contributed by atoms with van der Waals surface area (Å²) >= 11 is 1.82. The number of hydrogen-bond acceptors (Lipinski definition) is 7. The lowest BCUT2D eigenvalue weighted by Crippen LogP contribution is -2.23. The lowest BCUT2D eigenvalue weighted by molar-refractivity contribution is 0.418. The van der Waals surface area contributed by atoms with E-state index in [4.69, 9.17) is 24.2 Å². The third-order valence-corrected chi connectivity index (χ3v) is 12.9. The van der Waals surface area contributed by atoms with Gasteiger partial charge in [-0.3, -0.25) is 9.47 Å². The molecule has 3 aromatic heterocycles. The molecule has 0 saturated carbocycles. The molecule has 6 heterocycles. The maximum absolute atomic E-state index is 6.67. The average molecular weight is 763 g/mol. The predicted octanol–water partition coefficient (Wildman–Crippen LogP) is 14.2. The van der Waals surface area contributed by atoms with Gasteiger partial charge < -0.3 is 14.2 Å². The minimum atomic E-state index is 0.632. The van der Waals surface area contributed by atoms with Crippen molar-refractivity contribution < 1.29 is 14.2 Å². The summed E-state index contributed by atoms with van der Waals surface area (Å²) in [4.78, 5) is 12.8. The molecule has 3 aliphatic rings. The molecule has 0 saturated heterocycles. The minimum absolute atomic E-state index is 0.632. The van der Waals surface area contributed by atoms with Gasteiger partial charge in [0, 0.05) is 41.9 Å². The Bertz CT molecular complexity index is 3550. The Morgan fingerprint density at radius 1 is 0.397 bits per heavy atom. The summed E-state index contributed by atoms with van der Waals surface area (Å²) in [7, 11) is 0. The summed E-state index contributed by atoms with van der Waals surface area (Å²) in [5.41, 5.74) is 9.61. The number of aromatic nitrogens is 3. The largest absolute Gasteiger partial charge is 0.453 e. The molecular formula is C50H26N4O3S. The molecule has 0 atom stereocenters. The summed E-state index contributed by atoms with van der Waals surface area (Å²) < 4.78 is 24.4. The van der Waals surface area contributed by atoms with Gasteiger partial charge in [0.2, 0.25) is 5.95 Å². The van der Waals surface area contributed by atoms with Crippen LogP contribution in [0.1, 0.15) is 0 Å². The fraction of sp³-hybridized carbons (Fsp3) is 0. The third kappa shape index (κ3) is 4.06. The van der Waals surface area contributed by atoms with Crippen LogP contribution >= 0.6 is 11.3 Å². The van der Waals surface area contributed by atoms with Crippen LogP contribution in [0.3, 0.4) is 0 Å². The molecule has 7 nitrogen and oxygen atoms in total. The fourth-order valence-electron chi connectivity index (χ4n) is 9.20. The Morgan fingerprint density at radius 3 is 1.79 bits per heavy atom. The molecule has 8 aromatic carbocycles. The molecule has 0 fully saturated rings. The Balaban J connectivity index is 1.02.